The SMILES string of the molecule is Cc1cc(C(N)=O)nn1-c1ccc(Cc2ccc(-c3cccnc3)cc2)cc1. The van der Waals surface area contributed by atoms with Crippen molar-refractivity contribution in [3.05, 3.63) is 102 Å². The molecule has 0 aliphatic rings. The molecular formula is C23H20N4O. The Labute approximate surface area is 163 Å². The number of carbonyl (C=O) groups is 1. The van der Waals surface area contributed by atoms with Gasteiger partial charge in [-0.15, -0.1) is 0 Å². The monoisotopic (exact) mass is 368 g/mol. The molecule has 2 heterocycles. The smallest absolute Gasteiger partial charge is 0.269 e. The van der Waals surface area contributed by atoms with E-state index >= 15 is 0 Å². The summed E-state index contributed by atoms with van der Waals surface area (Å²) < 4.78 is 1.73. The second-order valence-corrected chi connectivity index (χ2v) is 6.73. The predicted molar refractivity (Wildman–Crippen MR) is 109 cm³/mol. The van der Waals surface area contributed by atoms with Gasteiger partial charge in [-0.05, 0) is 59.9 Å². The Morgan fingerprint density at radius 3 is 2.21 bits per heavy atom. The van der Waals surface area contributed by atoms with E-state index in [9.17, 15) is 4.79 Å². The predicted octanol–water partition coefficient (Wildman–Crippen LogP) is 3.93. The van der Waals surface area contributed by atoms with Gasteiger partial charge in [-0.3, -0.25) is 9.78 Å². The summed E-state index contributed by atoms with van der Waals surface area (Å²) in [5, 5.41) is 4.27. The first kappa shape index (κ1) is 17.7. The van der Waals surface area contributed by atoms with Crippen LogP contribution >= 0.6 is 0 Å². The van der Waals surface area contributed by atoms with Crippen LogP contribution in [0.1, 0.15) is 27.3 Å². The summed E-state index contributed by atoms with van der Waals surface area (Å²) in [5.74, 6) is -0.520. The van der Waals surface area contributed by atoms with E-state index in [0.29, 0.717) is 0 Å². The summed E-state index contributed by atoms with van der Waals surface area (Å²) in [7, 11) is 0. The van der Waals surface area contributed by atoms with E-state index < -0.39 is 5.91 Å². The lowest BCUT2D eigenvalue weighted by Crippen LogP contribution is -2.12. The lowest BCUT2D eigenvalue weighted by molar-refractivity contribution is 0.0995. The van der Waals surface area contributed by atoms with Crippen molar-refractivity contribution in [1.29, 1.82) is 0 Å². The summed E-state index contributed by atoms with van der Waals surface area (Å²) in [6.07, 6.45) is 4.49. The van der Waals surface area contributed by atoms with Crippen LogP contribution in [0.3, 0.4) is 0 Å². The number of hydrogen-bond acceptors (Lipinski definition) is 3. The Kier molecular flexibility index (Phi) is 4.72. The van der Waals surface area contributed by atoms with Gasteiger partial charge in [0.05, 0.1) is 5.69 Å². The number of carbonyl (C=O) groups excluding carboxylic acids is 1. The lowest BCUT2D eigenvalue weighted by Gasteiger charge is -2.07. The molecule has 4 aromatic rings. The maximum atomic E-state index is 11.3. The normalized spacial score (nSPS) is 10.8. The van der Waals surface area contributed by atoms with E-state index in [1.165, 1.54) is 11.1 Å². The third kappa shape index (κ3) is 3.69. The summed E-state index contributed by atoms with van der Waals surface area (Å²) in [5.41, 5.74) is 12.1. The highest BCUT2D eigenvalue weighted by atomic mass is 16.1. The molecule has 138 valence electrons. The van der Waals surface area contributed by atoms with Gasteiger partial charge in [0, 0.05) is 18.1 Å². The van der Waals surface area contributed by atoms with Crippen molar-refractivity contribution in [2.24, 2.45) is 5.73 Å². The van der Waals surface area contributed by atoms with Gasteiger partial charge >= 0.3 is 0 Å². The highest BCUT2D eigenvalue weighted by Gasteiger charge is 2.10. The highest BCUT2D eigenvalue weighted by molar-refractivity contribution is 5.90. The van der Waals surface area contributed by atoms with Crippen LogP contribution in [0.5, 0.6) is 0 Å². The Bertz CT molecular complexity index is 1100. The average molecular weight is 368 g/mol. The second-order valence-electron chi connectivity index (χ2n) is 6.73. The largest absolute Gasteiger partial charge is 0.364 e. The minimum absolute atomic E-state index is 0.273. The number of pyridine rings is 1. The molecule has 4 rings (SSSR count). The number of hydrogen-bond donors (Lipinski definition) is 1. The standard InChI is InChI=1S/C23H20N4O/c1-16-13-22(23(24)28)26-27(16)21-10-6-18(7-11-21)14-17-4-8-19(9-5-17)20-3-2-12-25-15-20/h2-13,15H,14H2,1H3,(H2,24,28). The summed E-state index contributed by atoms with van der Waals surface area (Å²) >= 11 is 0. The van der Waals surface area contributed by atoms with Crippen LogP contribution in [0.4, 0.5) is 0 Å². The van der Waals surface area contributed by atoms with E-state index in [0.717, 1.165) is 28.9 Å². The van der Waals surface area contributed by atoms with Crippen molar-refractivity contribution in [1.82, 2.24) is 14.8 Å². The molecule has 0 spiro atoms. The van der Waals surface area contributed by atoms with Gasteiger partial charge in [0.2, 0.25) is 0 Å². The van der Waals surface area contributed by atoms with Crippen LogP contribution in [-0.4, -0.2) is 20.7 Å². The molecule has 0 aliphatic carbocycles. The fraction of sp³-hybridized carbons (Fsp3) is 0.0870. The molecule has 0 aliphatic heterocycles. The topological polar surface area (TPSA) is 73.8 Å². The van der Waals surface area contributed by atoms with Gasteiger partial charge in [-0.1, -0.05) is 42.5 Å². The first-order chi connectivity index (χ1) is 13.6. The highest BCUT2D eigenvalue weighted by Crippen LogP contribution is 2.20. The van der Waals surface area contributed by atoms with Crippen LogP contribution in [0.25, 0.3) is 16.8 Å². The number of nitrogens with zero attached hydrogens (tertiary/aromatic N) is 3. The van der Waals surface area contributed by atoms with Gasteiger partial charge in [0.25, 0.3) is 5.91 Å². The van der Waals surface area contributed by atoms with Crippen molar-refractivity contribution < 1.29 is 4.79 Å². The van der Waals surface area contributed by atoms with Gasteiger partial charge in [0.15, 0.2) is 5.69 Å². The number of aryl methyl sites for hydroxylation is 1. The Balaban J connectivity index is 1.50. The lowest BCUT2D eigenvalue weighted by atomic mass is 10.0. The first-order valence-corrected chi connectivity index (χ1v) is 9.05. The third-order valence-corrected chi connectivity index (χ3v) is 4.68. The molecule has 0 radical (unpaired) electrons. The zero-order chi connectivity index (χ0) is 19.5. The number of rotatable bonds is 5. The van der Waals surface area contributed by atoms with Crippen molar-refractivity contribution in [3.63, 3.8) is 0 Å². The van der Waals surface area contributed by atoms with Crippen LogP contribution < -0.4 is 5.73 Å². The molecule has 5 nitrogen and oxygen atoms in total. The fourth-order valence-corrected chi connectivity index (χ4v) is 3.20. The number of amides is 1. The maximum Gasteiger partial charge on any atom is 0.269 e. The van der Waals surface area contributed by atoms with Crippen molar-refractivity contribution in [2.75, 3.05) is 0 Å². The first-order valence-electron chi connectivity index (χ1n) is 9.05. The van der Waals surface area contributed by atoms with Crippen molar-refractivity contribution >= 4 is 5.91 Å². The number of aromatic nitrogens is 3. The van der Waals surface area contributed by atoms with Crippen molar-refractivity contribution in [3.8, 4) is 16.8 Å². The molecular weight excluding hydrogens is 348 g/mol. The summed E-state index contributed by atoms with van der Waals surface area (Å²) in [6.45, 7) is 1.90. The Morgan fingerprint density at radius 2 is 1.64 bits per heavy atom. The number of primary amides is 1. The van der Waals surface area contributed by atoms with Crippen LogP contribution in [-0.2, 0) is 6.42 Å². The minimum Gasteiger partial charge on any atom is -0.364 e. The van der Waals surface area contributed by atoms with Crippen molar-refractivity contribution in [2.45, 2.75) is 13.3 Å². The summed E-state index contributed by atoms with van der Waals surface area (Å²) in [6, 6.07) is 22.4. The van der Waals surface area contributed by atoms with Crippen LogP contribution in [0.15, 0.2) is 79.1 Å². The molecule has 0 saturated carbocycles. The molecule has 28 heavy (non-hydrogen) atoms. The molecule has 0 unspecified atom stereocenters. The van der Waals surface area contributed by atoms with Gasteiger partial charge in [0.1, 0.15) is 0 Å². The molecule has 1 amide bonds. The van der Waals surface area contributed by atoms with Gasteiger partial charge in [-0.25, -0.2) is 4.68 Å². The molecule has 0 fully saturated rings. The molecule has 2 N–H and O–H groups in total. The van der Waals surface area contributed by atoms with E-state index in [1.54, 1.807) is 16.9 Å². The van der Waals surface area contributed by atoms with E-state index in [1.807, 2.05) is 31.3 Å². The number of benzene rings is 2. The van der Waals surface area contributed by atoms with E-state index in [2.05, 4.69) is 52.5 Å². The minimum atomic E-state index is -0.520. The average Bonchev–Trinajstić information content (AvgIpc) is 3.12. The van der Waals surface area contributed by atoms with Crippen LogP contribution in [0.2, 0.25) is 0 Å². The van der Waals surface area contributed by atoms with E-state index in [-0.39, 0.29) is 5.69 Å². The summed E-state index contributed by atoms with van der Waals surface area (Å²) in [4.78, 5) is 15.5. The molecule has 0 bridgehead atoms. The van der Waals surface area contributed by atoms with Gasteiger partial charge in [-0.2, -0.15) is 5.10 Å². The maximum absolute atomic E-state index is 11.3. The zero-order valence-electron chi connectivity index (χ0n) is 15.5. The van der Waals surface area contributed by atoms with Gasteiger partial charge < -0.3 is 5.73 Å². The molecule has 0 saturated heterocycles. The van der Waals surface area contributed by atoms with E-state index in [4.69, 9.17) is 5.73 Å². The Hall–Kier alpha value is -3.73. The fourth-order valence-electron chi connectivity index (χ4n) is 3.20. The molecule has 0 atom stereocenters. The molecule has 5 heteroatoms. The molecule has 2 aromatic carbocycles. The zero-order valence-corrected chi connectivity index (χ0v) is 15.5. The third-order valence-electron chi connectivity index (χ3n) is 4.68. The van der Waals surface area contributed by atoms with Crippen LogP contribution in [0, 0.1) is 6.92 Å². The second kappa shape index (κ2) is 7.48. The molecule has 2 aromatic heterocycles. The Morgan fingerprint density at radius 1 is 0.964 bits per heavy atom. The number of nitrogens with two attached hydrogens (primary N) is 1. The quantitative estimate of drug-likeness (QED) is 0.580.